The van der Waals surface area contributed by atoms with Crippen LogP contribution in [0.1, 0.15) is 33.1 Å². The molecule has 2 aliphatic rings. The summed E-state index contributed by atoms with van der Waals surface area (Å²) in [5.74, 6) is -0.298. The van der Waals surface area contributed by atoms with Crippen molar-refractivity contribution in [3.8, 4) is 0 Å². The molecule has 2 fully saturated rings. The fraction of sp³-hybridized carbons (Fsp3) is 0.846. The first kappa shape index (κ1) is 15.3. The summed E-state index contributed by atoms with van der Waals surface area (Å²) in [7, 11) is -3.20. The molecule has 1 saturated heterocycles. The van der Waals surface area contributed by atoms with Gasteiger partial charge in [-0.3, -0.25) is 9.69 Å². The van der Waals surface area contributed by atoms with Gasteiger partial charge in [0.15, 0.2) is 0 Å². The molecule has 1 spiro atoms. The van der Waals surface area contributed by atoms with Gasteiger partial charge in [-0.1, -0.05) is 20.3 Å². The molecule has 6 nitrogen and oxygen atoms in total. The van der Waals surface area contributed by atoms with Crippen LogP contribution in [0.3, 0.4) is 0 Å². The van der Waals surface area contributed by atoms with Crippen molar-refractivity contribution in [2.75, 3.05) is 18.6 Å². The number of rotatable bonds is 3. The van der Waals surface area contributed by atoms with Crippen LogP contribution in [-0.2, 0) is 14.6 Å². The highest BCUT2D eigenvalue weighted by Gasteiger charge is 2.58. The van der Waals surface area contributed by atoms with E-state index in [1.165, 1.54) is 0 Å². The molecule has 114 valence electrons. The van der Waals surface area contributed by atoms with E-state index < -0.39 is 21.4 Å². The van der Waals surface area contributed by atoms with E-state index in [9.17, 15) is 18.0 Å². The van der Waals surface area contributed by atoms with Gasteiger partial charge >= 0.3 is 6.03 Å². The average Bonchev–Trinajstić information content (AvgIpc) is 2.56. The largest absolute Gasteiger partial charge is 0.325 e. The third-order valence-electron chi connectivity index (χ3n) is 4.67. The third-order valence-corrected chi connectivity index (χ3v) is 5.60. The maximum atomic E-state index is 12.7. The first-order chi connectivity index (χ1) is 9.18. The van der Waals surface area contributed by atoms with Gasteiger partial charge in [0.25, 0.3) is 5.91 Å². The number of hydrogen-bond donors (Lipinski definition) is 1. The summed E-state index contributed by atoms with van der Waals surface area (Å²) in [6.07, 6.45) is 3.95. The smallest absolute Gasteiger partial charge is 0.323 e. The first-order valence-corrected chi connectivity index (χ1v) is 9.06. The van der Waals surface area contributed by atoms with Crippen LogP contribution in [0, 0.1) is 11.8 Å². The second-order valence-electron chi connectivity index (χ2n) is 6.12. The molecule has 1 aliphatic heterocycles. The number of imide groups is 1. The molecule has 1 aliphatic carbocycles. The van der Waals surface area contributed by atoms with Gasteiger partial charge in [0.2, 0.25) is 0 Å². The number of hydrogen-bond acceptors (Lipinski definition) is 4. The summed E-state index contributed by atoms with van der Waals surface area (Å²) < 4.78 is 22.5. The summed E-state index contributed by atoms with van der Waals surface area (Å²) in [5.41, 5.74) is -0.840. The van der Waals surface area contributed by atoms with Crippen LogP contribution in [0.2, 0.25) is 0 Å². The number of amides is 3. The zero-order chi connectivity index (χ0) is 15.1. The monoisotopic (exact) mass is 302 g/mol. The van der Waals surface area contributed by atoms with Crippen molar-refractivity contribution in [2.24, 2.45) is 11.8 Å². The molecule has 7 heteroatoms. The number of urea groups is 1. The Morgan fingerprint density at radius 1 is 1.25 bits per heavy atom. The summed E-state index contributed by atoms with van der Waals surface area (Å²) >= 11 is 0. The predicted molar refractivity (Wildman–Crippen MR) is 74.9 cm³/mol. The maximum Gasteiger partial charge on any atom is 0.325 e. The molecule has 1 heterocycles. The fourth-order valence-corrected chi connectivity index (χ4v) is 3.93. The Morgan fingerprint density at radius 2 is 1.80 bits per heavy atom. The van der Waals surface area contributed by atoms with Crippen molar-refractivity contribution in [1.29, 1.82) is 0 Å². The Balaban J connectivity index is 2.23. The molecule has 1 N–H and O–H groups in total. The fourth-order valence-electron chi connectivity index (χ4n) is 3.41. The molecule has 0 aromatic rings. The highest BCUT2D eigenvalue weighted by atomic mass is 32.2. The number of nitrogens with zero attached hydrogens (tertiary/aromatic N) is 1. The van der Waals surface area contributed by atoms with Crippen LogP contribution in [0.15, 0.2) is 0 Å². The molecular weight excluding hydrogens is 280 g/mol. The van der Waals surface area contributed by atoms with E-state index in [2.05, 4.69) is 5.32 Å². The molecule has 3 amide bonds. The molecular formula is C13H22N2O4S. The number of carbonyl (C=O) groups is 2. The Labute approximate surface area is 119 Å². The number of nitrogens with one attached hydrogen (secondary N) is 1. The summed E-state index contributed by atoms with van der Waals surface area (Å²) in [4.78, 5) is 25.8. The highest BCUT2D eigenvalue weighted by molar-refractivity contribution is 7.90. The minimum atomic E-state index is -3.20. The van der Waals surface area contributed by atoms with E-state index in [1.807, 2.05) is 13.8 Å². The van der Waals surface area contributed by atoms with Crippen LogP contribution < -0.4 is 5.32 Å². The van der Waals surface area contributed by atoms with Crippen LogP contribution >= 0.6 is 0 Å². The van der Waals surface area contributed by atoms with Gasteiger partial charge in [0.05, 0.1) is 5.75 Å². The lowest BCUT2D eigenvalue weighted by molar-refractivity contribution is -0.136. The van der Waals surface area contributed by atoms with E-state index in [1.54, 1.807) is 0 Å². The van der Waals surface area contributed by atoms with Crippen molar-refractivity contribution in [3.05, 3.63) is 0 Å². The van der Waals surface area contributed by atoms with Gasteiger partial charge in [-0.2, -0.15) is 0 Å². The third kappa shape index (κ3) is 2.43. The number of sulfone groups is 1. The zero-order valence-electron chi connectivity index (χ0n) is 12.2. The van der Waals surface area contributed by atoms with Crippen LogP contribution in [-0.4, -0.2) is 49.3 Å². The van der Waals surface area contributed by atoms with Crippen LogP contribution in [0.4, 0.5) is 4.79 Å². The van der Waals surface area contributed by atoms with Gasteiger partial charge in [-0.25, -0.2) is 13.2 Å². The normalized spacial score (nSPS) is 29.9. The standard InChI is InChI=1S/C13H22N2O4S/c1-9-5-4-6-10(2)13(9)11(16)15(12(17)14-13)7-8-20(3,18)19/h9-10H,4-8H2,1-3H3,(H,14,17)/t9-,10-/m0/s1. The number of carbonyl (C=O) groups excluding carboxylic acids is 2. The maximum absolute atomic E-state index is 12.7. The van der Waals surface area contributed by atoms with Gasteiger partial charge in [0.1, 0.15) is 15.4 Å². The van der Waals surface area contributed by atoms with E-state index >= 15 is 0 Å². The van der Waals surface area contributed by atoms with Crippen LogP contribution in [0.25, 0.3) is 0 Å². The highest BCUT2D eigenvalue weighted by Crippen LogP contribution is 2.42. The predicted octanol–water partition coefficient (Wildman–Crippen LogP) is 0.778. The van der Waals surface area contributed by atoms with Crippen molar-refractivity contribution in [1.82, 2.24) is 10.2 Å². The molecule has 0 aromatic heterocycles. The molecule has 1 saturated carbocycles. The lowest BCUT2D eigenvalue weighted by Crippen LogP contribution is -2.58. The van der Waals surface area contributed by atoms with Gasteiger partial charge < -0.3 is 5.32 Å². The molecule has 0 radical (unpaired) electrons. The van der Waals surface area contributed by atoms with E-state index in [-0.39, 0.29) is 30.0 Å². The van der Waals surface area contributed by atoms with Crippen molar-refractivity contribution >= 4 is 21.8 Å². The van der Waals surface area contributed by atoms with Gasteiger partial charge in [-0.05, 0) is 24.7 Å². The molecule has 20 heavy (non-hydrogen) atoms. The van der Waals surface area contributed by atoms with Crippen molar-refractivity contribution in [2.45, 2.75) is 38.6 Å². The minimum Gasteiger partial charge on any atom is -0.323 e. The summed E-state index contributed by atoms with van der Waals surface area (Å²) in [6.45, 7) is 3.90. The van der Waals surface area contributed by atoms with E-state index in [4.69, 9.17) is 0 Å². The van der Waals surface area contributed by atoms with Crippen molar-refractivity contribution < 1.29 is 18.0 Å². The molecule has 2 atom stereocenters. The molecule has 0 aromatic carbocycles. The quantitative estimate of drug-likeness (QED) is 0.781. The second-order valence-corrected chi connectivity index (χ2v) is 8.38. The van der Waals surface area contributed by atoms with Gasteiger partial charge in [-0.15, -0.1) is 0 Å². The average molecular weight is 302 g/mol. The topological polar surface area (TPSA) is 83.6 Å². The van der Waals surface area contributed by atoms with E-state index in [0.29, 0.717) is 0 Å². The summed E-state index contributed by atoms with van der Waals surface area (Å²) in [5, 5.41) is 2.85. The molecule has 0 unspecified atom stereocenters. The van der Waals surface area contributed by atoms with E-state index in [0.717, 1.165) is 30.4 Å². The van der Waals surface area contributed by atoms with Gasteiger partial charge in [0, 0.05) is 12.8 Å². The Bertz CT molecular complexity index is 518. The minimum absolute atomic E-state index is 0.0648. The van der Waals surface area contributed by atoms with Crippen molar-refractivity contribution in [3.63, 3.8) is 0 Å². The molecule has 0 bridgehead atoms. The Hall–Kier alpha value is -1.11. The lowest BCUT2D eigenvalue weighted by atomic mass is 9.67. The van der Waals surface area contributed by atoms with Crippen LogP contribution in [0.5, 0.6) is 0 Å². The Kier molecular flexibility index (Phi) is 3.83. The molecule has 2 rings (SSSR count). The Morgan fingerprint density at radius 3 is 2.30 bits per heavy atom. The SMILES string of the molecule is C[C@H]1CCC[C@H](C)C12NC(=O)N(CCS(C)(=O)=O)C2=O. The lowest BCUT2D eigenvalue weighted by Gasteiger charge is -2.42. The second kappa shape index (κ2) is 5.02. The zero-order valence-corrected chi connectivity index (χ0v) is 13.0. The first-order valence-electron chi connectivity index (χ1n) is 7.00. The summed E-state index contributed by atoms with van der Waals surface area (Å²) in [6, 6.07) is -0.459.